The van der Waals surface area contributed by atoms with Gasteiger partial charge in [0.15, 0.2) is 5.78 Å². The van der Waals surface area contributed by atoms with Crippen LogP contribution >= 0.6 is 11.6 Å². The Labute approximate surface area is 182 Å². The first kappa shape index (κ1) is 21.8. The Hall–Kier alpha value is -2.92. The summed E-state index contributed by atoms with van der Waals surface area (Å²) in [6.07, 6.45) is 3.36. The molecule has 1 heterocycles. The number of amides is 1. The molecule has 1 amide bonds. The Kier molecular flexibility index (Phi) is 7.41. The van der Waals surface area contributed by atoms with Crippen molar-refractivity contribution in [3.8, 4) is 0 Å². The van der Waals surface area contributed by atoms with E-state index in [2.05, 4.69) is 24.1 Å². The first-order valence-corrected chi connectivity index (χ1v) is 10.6. The van der Waals surface area contributed by atoms with E-state index in [1.165, 1.54) is 0 Å². The van der Waals surface area contributed by atoms with Crippen LogP contribution in [0.2, 0.25) is 5.02 Å². The minimum atomic E-state index is -0.154. The van der Waals surface area contributed by atoms with Gasteiger partial charge in [-0.1, -0.05) is 55.8 Å². The molecule has 0 saturated carbocycles. The molecule has 5 nitrogen and oxygen atoms in total. The van der Waals surface area contributed by atoms with Crippen LogP contribution < -0.4 is 5.32 Å². The topological polar surface area (TPSA) is 62.3 Å². The Morgan fingerprint density at radius 1 is 1.03 bits per heavy atom. The molecule has 0 aliphatic carbocycles. The lowest BCUT2D eigenvalue weighted by Crippen LogP contribution is -2.36. The minimum Gasteiger partial charge on any atom is -0.375 e. The van der Waals surface area contributed by atoms with E-state index in [4.69, 9.17) is 11.6 Å². The van der Waals surface area contributed by atoms with E-state index in [0.29, 0.717) is 40.4 Å². The molecule has 0 spiro atoms. The highest BCUT2D eigenvalue weighted by molar-refractivity contribution is 6.31. The van der Waals surface area contributed by atoms with Crippen molar-refractivity contribution in [2.24, 2.45) is 0 Å². The predicted octanol–water partition coefficient (Wildman–Crippen LogP) is 5.18. The van der Waals surface area contributed by atoms with Gasteiger partial charge in [0, 0.05) is 35.3 Å². The number of fused-ring (bicyclic) bond motifs is 1. The second kappa shape index (κ2) is 10.2. The third kappa shape index (κ3) is 4.97. The highest BCUT2D eigenvalue weighted by Gasteiger charge is 2.19. The number of rotatable bonds is 9. The lowest BCUT2D eigenvalue weighted by molar-refractivity contribution is -0.129. The number of hydrogen-bond acceptors (Lipinski definition) is 4. The molecule has 0 aliphatic heterocycles. The van der Waals surface area contributed by atoms with Gasteiger partial charge < -0.3 is 10.2 Å². The minimum absolute atomic E-state index is 0.00352. The van der Waals surface area contributed by atoms with Crippen LogP contribution in [-0.2, 0) is 4.79 Å². The van der Waals surface area contributed by atoms with Gasteiger partial charge >= 0.3 is 0 Å². The Morgan fingerprint density at radius 2 is 1.73 bits per heavy atom. The van der Waals surface area contributed by atoms with Crippen molar-refractivity contribution in [2.45, 2.75) is 26.7 Å². The van der Waals surface area contributed by atoms with Gasteiger partial charge in [-0.25, -0.2) is 0 Å². The summed E-state index contributed by atoms with van der Waals surface area (Å²) in [5.41, 5.74) is 2.27. The third-order valence-electron chi connectivity index (χ3n) is 4.87. The number of carbonyl (C=O) groups excluding carboxylic acids is 2. The van der Waals surface area contributed by atoms with Gasteiger partial charge in [-0.2, -0.15) is 0 Å². The summed E-state index contributed by atoms with van der Waals surface area (Å²) in [6, 6.07) is 14.4. The number of benzene rings is 2. The maximum atomic E-state index is 13.2. The zero-order valence-corrected chi connectivity index (χ0v) is 18.1. The van der Waals surface area contributed by atoms with Crippen molar-refractivity contribution in [2.75, 3.05) is 25.0 Å². The fourth-order valence-corrected chi connectivity index (χ4v) is 3.62. The first-order chi connectivity index (χ1) is 14.5. The molecule has 0 saturated heterocycles. The number of aromatic nitrogens is 1. The zero-order valence-electron chi connectivity index (χ0n) is 17.3. The lowest BCUT2D eigenvalue weighted by atomic mass is 10.0. The van der Waals surface area contributed by atoms with E-state index in [1.54, 1.807) is 30.5 Å². The average molecular weight is 424 g/mol. The molecule has 3 rings (SSSR count). The van der Waals surface area contributed by atoms with E-state index < -0.39 is 0 Å². The Bertz CT molecular complexity index is 1030. The monoisotopic (exact) mass is 423 g/mol. The number of nitrogens with one attached hydrogen (secondary N) is 1. The van der Waals surface area contributed by atoms with Crippen LogP contribution in [0.3, 0.4) is 0 Å². The number of anilines is 1. The van der Waals surface area contributed by atoms with E-state index >= 15 is 0 Å². The van der Waals surface area contributed by atoms with Crippen molar-refractivity contribution in [3.63, 3.8) is 0 Å². The van der Waals surface area contributed by atoms with Crippen LogP contribution in [0.25, 0.3) is 10.9 Å². The smallest absolute Gasteiger partial charge is 0.241 e. The Morgan fingerprint density at radius 3 is 2.40 bits per heavy atom. The van der Waals surface area contributed by atoms with Crippen LogP contribution in [-0.4, -0.2) is 41.2 Å². The van der Waals surface area contributed by atoms with Gasteiger partial charge in [0.25, 0.3) is 0 Å². The number of ketones is 1. The van der Waals surface area contributed by atoms with E-state index in [1.807, 2.05) is 29.2 Å². The fraction of sp³-hybridized carbons (Fsp3) is 0.292. The molecule has 0 atom stereocenters. The zero-order chi connectivity index (χ0) is 21.5. The van der Waals surface area contributed by atoms with Gasteiger partial charge in [-0.15, -0.1) is 0 Å². The average Bonchev–Trinajstić information content (AvgIpc) is 2.77. The molecular formula is C24H26ClN3O2. The van der Waals surface area contributed by atoms with Crippen molar-refractivity contribution < 1.29 is 9.59 Å². The summed E-state index contributed by atoms with van der Waals surface area (Å²) < 4.78 is 0. The van der Waals surface area contributed by atoms with E-state index in [-0.39, 0.29) is 18.2 Å². The SMILES string of the molecule is CCCN(CCC)C(=O)CNc1c(C(=O)c2ccccc2)cnc2ccc(Cl)cc12. The van der Waals surface area contributed by atoms with Crippen LogP contribution in [0.15, 0.2) is 54.7 Å². The molecule has 0 unspecified atom stereocenters. The quantitative estimate of drug-likeness (QED) is 0.481. The van der Waals surface area contributed by atoms with Crippen molar-refractivity contribution in [3.05, 3.63) is 70.9 Å². The summed E-state index contributed by atoms with van der Waals surface area (Å²) in [5, 5.41) is 4.48. The summed E-state index contributed by atoms with van der Waals surface area (Å²) in [7, 11) is 0. The Balaban J connectivity index is 1.99. The van der Waals surface area contributed by atoms with Gasteiger partial charge in [0.1, 0.15) is 0 Å². The fourth-order valence-electron chi connectivity index (χ4n) is 3.45. The molecule has 1 aromatic heterocycles. The second-order valence-corrected chi connectivity index (χ2v) is 7.57. The first-order valence-electron chi connectivity index (χ1n) is 10.2. The molecule has 156 valence electrons. The molecule has 6 heteroatoms. The maximum Gasteiger partial charge on any atom is 0.241 e. The molecule has 0 bridgehead atoms. The van der Waals surface area contributed by atoms with Gasteiger partial charge in [-0.05, 0) is 31.0 Å². The molecule has 30 heavy (non-hydrogen) atoms. The normalized spacial score (nSPS) is 10.8. The van der Waals surface area contributed by atoms with Crippen LogP contribution in [0.5, 0.6) is 0 Å². The molecule has 3 aromatic rings. The van der Waals surface area contributed by atoms with Crippen molar-refractivity contribution in [1.29, 1.82) is 0 Å². The molecule has 0 fully saturated rings. The molecular weight excluding hydrogens is 398 g/mol. The summed E-state index contributed by atoms with van der Waals surface area (Å²) in [5.74, 6) is -0.150. The number of hydrogen-bond donors (Lipinski definition) is 1. The maximum absolute atomic E-state index is 13.2. The van der Waals surface area contributed by atoms with Gasteiger partial charge in [-0.3, -0.25) is 14.6 Å². The predicted molar refractivity (Wildman–Crippen MR) is 122 cm³/mol. The van der Waals surface area contributed by atoms with Gasteiger partial charge in [0.05, 0.1) is 23.3 Å². The molecule has 1 N–H and O–H groups in total. The van der Waals surface area contributed by atoms with Crippen LogP contribution in [0, 0.1) is 0 Å². The number of nitrogens with zero attached hydrogens (tertiary/aromatic N) is 2. The number of halogens is 1. The number of pyridine rings is 1. The van der Waals surface area contributed by atoms with Gasteiger partial charge in [0.2, 0.25) is 5.91 Å². The van der Waals surface area contributed by atoms with Crippen LogP contribution in [0.1, 0.15) is 42.6 Å². The second-order valence-electron chi connectivity index (χ2n) is 7.14. The van der Waals surface area contributed by atoms with E-state index in [0.717, 1.165) is 18.2 Å². The number of carbonyl (C=O) groups is 2. The largest absolute Gasteiger partial charge is 0.375 e. The van der Waals surface area contributed by atoms with Crippen LogP contribution in [0.4, 0.5) is 5.69 Å². The highest BCUT2D eigenvalue weighted by Crippen LogP contribution is 2.30. The van der Waals surface area contributed by atoms with Crippen molar-refractivity contribution in [1.82, 2.24) is 9.88 Å². The van der Waals surface area contributed by atoms with Crippen molar-refractivity contribution >= 4 is 39.9 Å². The molecule has 2 aromatic carbocycles. The highest BCUT2D eigenvalue weighted by atomic mass is 35.5. The third-order valence-corrected chi connectivity index (χ3v) is 5.10. The lowest BCUT2D eigenvalue weighted by Gasteiger charge is -2.22. The molecule has 0 aliphatic rings. The summed E-state index contributed by atoms with van der Waals surface area (Å²) in [4.78, 5) is 32.2. The standard InChI is InChI=1S/C24H26ClN3O2/c1-3-12-28(13-4-2)22(29)16-27-23-19-14-18(25)10-11-21(19)26-15-20(23)24(30)17-8-6-5-7-9-17/h5-11,14-15H,3-4,12-13,16H2,1-2H3,(H,26,27). The molecule has 0 radical (unpaired) electrons. The summed E-state index contributed by atoms with van der Waals surface area (Å²) in [6.45, 7) is 5.64. The van der Waals surface area contributed by atoms with E-state index in [9.17, 15) is 9.59 Å². The summed E-state index contributed by atoms with van der Waals surface area (Å²) >= 11 is 6.22.